The number of ether oxygens (including phenoxy) is 1. The summed E-state index contributed by atoms with van der Waals surface area (Å²) in [7, 11) is 0. The van der Waals surface area contributed by atoms with E-state index < -0.39 is 0 Å². The maximum Gasteiger partial charge on any atom is 0.409 e. The van der Waals surface area contributed by atoms with Gasteiger partial charge in [0.05, 0.1) is 12.3 Å². The van der Waals surface area contributed by atoms with Crippen LogP contribution in [0, 0.1) is 0 Å². The van der Waals surface area contributed by atoms with Crippen molar-refractivity contribution in [1.82, 2.24) is 9.88 Å². The van der Waals surface area contributed by atoms with Gasteiger partial charge in [-0.3, -0.25) is 0 Å². The van der Waals surface area contributed by atoms with Crippen LogP contribution in [-0.4, -0.2) is 35.7 Å². The summed E-state index contributed by atoms with van der Waals surface area (Å²) >= 11 is 0. The molecule has 0 radical (unpaired) electrons. The van der Waals surface area contributed by atoms with Crippen LogP contribution in [0.4, 0.5) is 4.79 Å². The van der Waals surface area contributed by atoms with Gasteiger partial charge in [-0.05, 0) is 19.8 Å². The molecular weight excluding hydrogens is 208 g/mol. The van der Waals surface area contributed by atoms with Crippen molar-refractivity contribution in [1.29, 1.82) is 0 Å². The number of amides is 1. The van der Waals surface area contributed by atoms with Crippen molar-refractivity contribution in [3.05, 3.63) is 18.4 Å². The largest absolute Gasteiger partial charge is 0.451 e. The van der Waals surface area contributed by atoms with Gasteiger partial charge in [-0.1, -0.05) is 0 Å². The molecule has 5 nitrogen and oxygen atoms in total. The molecule has 2 heterocycles. The van der Waals surface area contributed by atoms with Crippen molar-refractivity contribution in [2.24, 2.45) is 0 Å². The molecule has 0 unspecified atom stereocenters. The highest BCUT2D eigenvalue weighted by Gasteiger charge is 2.26. The van der Waals surface area contributed by atoms with Crippen molar-refractivity contribution in [2.75, 3.05) is 19.7 Å². The van der Waals surface area contributed by atoms with Crippen molar-refractivity contribution in [3.8, 4) is 0 Å². The van der Waals surface area contributed by atoms with E-state index in [1.165, 1.54) is 6.39 Å². The Morgan fingerprint density at radius 2 is 2.62 bits per heavy atom. The molecule has 1 aliphatic heterocycles. The van der Waals surface area contributed by atoms with Crippen LogP contribution in [0.1, 0.15) is 31.4 Å². The first-order valence-electron chi connectivity index (χ1n) is 5.61. The molecule has 1 aromatic heterocycles. The number of carbonyl (C=O) groups excluding carboxylic acids is 1. The number of hydrogen-bond acceptors (Lipinski definition) is 4. The average molecular weight is 224 g/mol. The summed E-state index contributed by atoms with van der Waals surface area (Å²) in [5.41, 5.74) is 0.925. The summed E-state index contributed by atoms with van der Waals surface area (Å²) in [4.78, 5) is 17.4. The monoisotopic (exact) mass is 224 g/mol. The van der Waals surface area contributed by atoms with Crippen LogP contribution < -0.4 is 0 Å². The van der Waals surface area contributed by atoms with E-state index in [0.29, 0.717) is 13.2 Å². The molecule has 5 heteroatoms. The highest BCUT2D eigenvalue weighted by Crippen LogP contribution is 2.25. The quantitative estimate of drug-likeness (QED) is 0.771. The van der Waals surface area contributed by atoms with Crippen LogP contribution in [0.5, 0.6) is 0 Å². The smallest absolute Gasteiger partial charge is 0.409 e. The molecule has 1 amide bonds. The first-order chi connectivity index (χ1) is 7.81. The fourth-order valence-electron chi connectivity index (χ4n) is 2.02. The van der Waals surface area contributed by atoms with Gasteiger partial charge in [-0.25, -0.2) is 9.78 Å². The molecule has 0 saturated carbocycles. The number of oxazole rings is 1. The second kappa shape index (κ2) is 5.01. The van der Waals surface area contributed by atoms with Gasteiger partial charge in [-0.15, -0.1) is 0 Å². The second-order valence-corrected chi connectivity index (χ2v) is 3.90. The van der Waals surface area contributed by atoms with Crippen LogP contribution in [0.3, 0.4) is 0 Å². The van der Waals surface area contributed by atoms with Gasteiger partial charge in [0.2, 0.25) is 0 Å². The molecule has 1 aliphatic rings. The molecule has 1 saturated heterocycles. The van der Waals surface area contributed by atoms with E-state index >= 15 is 0 Å². The Morgan fingerprint density at radius 3 is 3.31 bits per heavy atom. The lowest BCUT2D eigenvalue weighted by atomic mass is 9.96. The summed E-state index contributed by atoms with van der Waals surface area (Å²) in [5.74, 6) is 0.275. The lowest BCUT2D eigenvalue weighted by Crippen LogP contribution is -2.39. The zero-order chi connectivity index (χ0) is 11.4. The molecular formula is C11H16N2O3. The van der Waals surface area contributed by atoms with Crippen molar-refractivity contribution < 1.29 is 13.9 Å². The number of hydrogen-bond donors (Lipinski definition) is 0. The predicted molar refractivity (Wildman–Crippen MR) is 57.1 cm³/mol. The van der Waals surface area contributed by atoms with Gasteiger partial charge in [0, 0.05) is 19.0 Å². The predicted octanol–water partition coefficient (Wildman–Crippen LogP) is 2.01. The van der Waals surface area contributed by atoms with Gasteiger partial charge in [0.1, 0.15) is 6.26 Å². The molecule has 0 spiro atoms. The third-order valence-electron chi connectivity index (χ3n) is 2.82. The number of piperidine rings is 1. The molecule has 1 aromatic rings. The summed E-state index contributed by atoms with van der Waals surface area (Å²) in [6, 6.07) is 0. The van der Waals surface area contributed by atoms with Crippen LogP contribution in [0.15, 0.2) is 17.1 Å². The van der Waals surface area contributed by atoms with E-state index in [0.717, 1.165) is 25.1 Å². The van der Waals surface area contributed by atoms with Gasteiger partial charge in [-0.2, -0.15) is 0 Å². The van der Waals surface area contributed by atoms with Crippen molar-refractivity contribution >= 4 is 6.09 Å². The molecule has 0 aliphatic carbocycles. The third kappa shape index (κ3) is 2.35. The Bertz CT molecular complexity index is 337. The van der Waals surface area contributed by atoms with Gasteiger partial charge in [0.25, 0.3) is 0 Å². The van der Waals surface area contributed by atoms with Gasteiger partial charge in [0.15, 0.2) is 6.39 Å². The standard InChI is InChI=1S/C11H16N2O3/c1-2-16-11(14)13-5-3-4-9(6-13)10-7-15-8-12-10/h7-9H,2-6H2,1H3/t9-/m0/s1. The molecule has 0 N–H and O–H groups in total. The Kier molecular flexibility index (Phi) is 3.44. The maximum atomic E-state index is 11.6. The lowest BCUT2D eigenvalue weighted by molar-refractivity contribution is 0.0955. The van der Waals surface area contributed by atoms with E-state index in [1.54, 1.807) is 11.2 Å². The Hall–Kier alpha value is -1.52. The molecule has 2 rings (SSSR count). The highest BCUT2D eigenvalue weighted by atomic mass is 16.6. The molecule has 1 atom stereocenters. The number of rotatable bonds is 2. The van der Waals surface area contributed by atoms with Crippen molar-refractivity contribution in [2.45, 2.75) is 25.7 Å². The number of nitrogens with zero attached hydrogens (tertiary/aromatic N) is 2. The van der Waals surface area contributed by atoms with E-state index in [1.807, 2.05) is 6.92 Å². The van der Waals surface area contributed by atoms with Gasteiger partial charge < -0.3 is 14.1 Å². The fraction of sp³-hybridized carbons (Fsp3) is 0.636. The Balaban J connectivity index is 1.96. The summed E-state index contributed by atoms with van der Waals surface area (Å²) in [5, 5.41) is 0. The Labute approximate surface area is 94.4 Å². The topological polar surface area (TPSA) is 55.6 Å². The summed E-state index contributed by atoms with van der Waals surface area (Å²) in [6.07, 6.45) is 4.88. The molecule has 0 aromatic carbocycles. The van der Waals surface area contributed by atoms with E-state index in [-0.39, 0.29) is 12.0 Å². The molecule has 1 fully saturated rings. The SMILES string of the molecule is CCOC(=O)N1CCC[C@H](c2cocn2)C1. The lowest BCUT2D eigenvalue weighted by Gasteiger charge is -2.30. The van der Waals surface area contributed by atoms with Gasteiger partial charge >= 0.3 is 6.09 Å². The minimum absolute atomic E-state index is 0.226. The zero-order valence-corrected chi connectivity index (χ0v) is 9.39. The first kappa shape index (κ1) is 11.0. The number of likely N-dealkylation sites (tertiary alicyclic amines) is 1. The fourth-order valence-corrected chi connectivity index (χ4v) is 2.02. The van der Waals surface area contributed by atoms with Crippen molar-refractivity contribution in [3.63, 3.8) is 0 Å². The molecule has 88 valence electrons. The zero-order valence-electron chi connectivity index (χ0n) is 9.39. The first-order valence-corrected chi connectivity index (χ1v) is 5.61. The Morgan fingerprint density at radius 1 is 1.75 bits per heavy atom. The summed E-state index contributed by atoms with van der Waals surface area (Å²) < 4.78 is 9.96. The average Bonchev–Trinajstić information content (AvgIpc) is 2.83. The highest BCUT2D eigenvalue weighted by molar-refractivity contribution is 5.67. The number of aromatic nitrogens is 1. The van der Waals surface area contributed by atoms with Crippen LogP contribution in [0.2, 0.25) is 0 Å². The third-order valence-corrected chi connectivity index (χ3v) is 2.82. The molecule has 0 bridgehead atoms. The number of carbonyl (C=O) groups is 1. The van der Waals surface area contributed by atoms with E-state index in [2.05, 4.69) is 4.98 Å². The minimum Gasteiger partial charge on any atom is -0.451 e. The molecule has 16 heavy (non-hydrogen) atoms. The minimum atomic E-state index is -0.226. The van der Waals surface area contributed by atoms with E-state index in [4.69, 9.17) is 9.15 Å². The second-order valence-electron chi connectivity index (χ2n) is 3.90. The van der Waals surface area contributed by atoms with Crippen LogP contribution in [-0.2, 0) is 4.74 Å². The van der Waals surface area contributed by atoms with Crippen LogP contribution in [0.25, 0.3) is 0 Å². The van der Waals surface area contributed by atoms with Crippen LogP contribution >= 0.6 is 0 Å². The normalized spacial score (nSPS) is 20.8. The summed E-state index contributed by atoms with van der Waals surface area (Å²) in [6.45, 7) is 3.68. The maximum absolute atomic E-state index is 11.6. The van der Waals surface area contributed by atoms with E-state index in [9.17, 15) is 4.79 Å².